The van der Waals surface area contributed by atoms with Gasteiger partial charge in [-0.3, -0.25) is 4.79 Å². The van der Waals surface area contributed by atoms with Gasteiger partial charge < -0.3 is 29.2 Å². The lowest BCUT2D eigenvalue weighted by Crippen LogP contribution is -2.44. The van der Waals surface area contributed by atoms with Gasteiger partial charge in [0.25, 0.3) is 0 Å². The van der Waals surface area contributed by atoms with Crippen molar-refractivity contribution in [3.8, 4) is 11.5 Å². The second-order valence-electron chi connectivity index (χ2n) is 11.6. The number of benzene rings is 1. The number of rotatable bonds is 12. The number of aromatic nitrogens is 2. The zero-order chi connectivity index (χ0) is 29.7. The number of nitrogens with one attached hydrogen (secondary N) is 1. The van der Waals surface area contributed by atoms with Gasteiger partial charge in [-0.2, -0.15) is 0 Å². The molecule has 2 heterocycles. The van der Waals surface area contributed by atoms with E-state index in [0.29, 0.717) is 35.1 Å². The predicted molar refractivity (Wildman–Crippen MR) is 150 cm³/mol. The Hall–Kier alpha value is -3.77. The Morgan fingerprint density at radius 3 is 2.52 bits per heavy atom. The van der Waals surface area contributed by atoms with Gasteiger partial charge in [-0.1, -0.05) is 25.7 Å². The summed E-state index contributed by atoms with van der Waals surface area (Å²) in [5.41, 5.74) is 0.300. The first kappa shape index (κ1) is 30.8. The number of ether oxygens (including phenoxy) is 3. The van der Waals surface area contributed by atoms with Gasteiger partial charge in [0.15, 0.2) is 17.9 Å². The minimum atomic E-state index is -1.33. The van der Waals surface area contributed by atoms with E-state index in [1.165, 1.54) is 24.4 Å². The summed E-state index contributed by atoms with van der Waals surface area (Å²) in [7, 11) is -1.26. The Morgan fingerprint density at radius 1 is 1.20 bits per heavy atom. The number of carbonyl (C=O) groups excluding carboxylic acids is 2. The molecule has 3 rings (SSSR count). The average Bonchev–Trinajstić information content (AvgIpc) is 3.20. The fraction of sp³-hybridized carbons (Fsp3) is 0.429. The number of carboxylic acid groups (broad SMARTS) is 1. The number of nitrogens with zero attached hydrogens (tertiary/aromatic N) is 2. The zero-order valence-electron chi connectivity index (χ0n) is 23.6. The lowest BCUT2D eigenvalue weighted by atomic mass is 10.1. The number of carbonyl (C=O) groups is 3. The van der Waals surface area contributed by atoms with Crippen LogP contribution >= 0.6 is 0 Å². The first-order valence-electron chi connectivity index (χ1n) is 12.9. The van der Waals surface area contributed by atoms with Gasteiger partial charge in [-0.05, 0) is 50.6 Å². The molecule has 1 aromatic carbocycles. The van der Waals surface area contributed by atoms with Crippen LogP contribution in [0.4, 0.5) is 9.18 Å². The molecule has 0 aliphatic rings. The van der Waals surface area contributed by atoms with Gasteiger partial charge in [-0.25, -0.2) is 19.0 Å². The largest absolute Gasteiger partial charge is 0.480 e. The van der Waals surface area contributed by atoms with E-state index < -0.39 is 37.6 Å². The number of aliphatic carboxylic acids is 1. The third kappa shape index (κ3) is 8.62. The van der Waals surface area contributed by atoms with Crippen LogP contribution < -0.4 is 10.1 Å². The van der Waals surface area contributed by atoms with E-state index in [4.69, 9.17) is 14.2 Å². The topological polar surface area (TPSA) is 129 Å². The second-order valence-corrected chi connectivity index (χ2v) is 17.3. The van der Waals surface area contributed by atoms with Crippen LogP contribution in [0.1, 0.15) is 36.7 Å². The first-order valence-corrected chi connectivity index (χ1v) is 16.6. The lowest BCUT2D eigenvalue weighted by molar-refractivity contribution is -0.139. The fourth-order valence-corrected chi connectivity index (χ4v) is 4.55. The molecule has 0 unspecified atom stereocenters. The summed E-state index contributed by atoms with van der Waals surface area (Å²) in [6, 6.07) is 5.20. The van der Waals surface area contributed by atoms with Gasteiger partial charge in [0.2, 0.25) is 0 Å². The zero-order valence-corrected chi connectivity index (χ0v) is 24.6. The number of carboxylic acids is 1. The summed E-state index contributed by atoms with van der Waals surface area (Å²) < 4.78 is 33.6. The van der Waals surface area contributed by atoms with E-state index in [-0.39, 0.29) is 24.7 Å². The minimum Gasteiger partial charge on any atom is -0.480 e. The van der Waals surface area contributed by atoms with Gasteiger partial charge in [0, 0.05) is 39.1 Å². The number of halogens is 1. The van der Waals surface area contributed by atoms with Gasteiger partial charge >= 0.3 is 12.1 Å². The molecular weight excluding hydrogens is 537 g/mol. The van der Waals surface area contributed by atoms with Gasteiger partial charge in [0.05, 0.1) is 5.39 Å². The van der Waals surface area contributed by atoms with Crippen LogP contribution in [0, 0.1) is 5.82 Å². The molecule has 1 amide bonds. The summed E-state index contributed by atoms with van der Waals surface area (Å²) in [5, 5.41) is 12.2. The van der Waals surface area contributed by atoms with Crippen molar-refractivity contribution in [3.05, 3.63) is 53.6 Å². The molecule has 0 fully saturated rings. The van der Waals surface area contributed by atoms with Crippen molar-refractivity contribution < 1.29 is 38.1 Å². The van der Waals surface area contributed by atoms with Crippen molar-refractivity contribution in [1.29, 1.82) is 0 Å². The van der Waals surface area contributed by atoms with Crippen LogP contribution in [-0.4, -0.2) is 59.3 Å². The molecule has 0 saturated carbocycles. The molecule has 0 spiro atoms. The maximum absolute atomic E-state index is 15.1. The standard InChI is InChI=1S/C28H36FN3O7Si/c1-28(2,3)39-27(36)31-21(26(34)35)14-18-7-8-22(20(29)13-18)38-23-9-10-30-25-24(23)19(16-33)15-32(25)17-37-11-12-40(4,5)6/h7-10,13,15-16,21H,11-12,14,17H2,1-6H3,(H,31,36)(H,34,35)/t21-/m0/s1. The van der Waals surface area contributed by atoms with E-state index in [2.05, 4.69) is 29.9 Å². The third-order valence-electron chi connectivity index (χ3n) is 5.75. The Balaban J connectivity index is 1.78. The van der Waals surface area contributed by atoms with Crippen molar-refractivity contribution in [2.24, 2.45) is 0 Å². The highest BCUT2D eigenvalue weighted by molar-refractivity contribution is 6.76. The SMILES string of the molecule is CC(C)(C)OC(=O)N[C@@H](Cc1ccc(Oc2ccnc3c2c(C=O)cn3COCC[Si](C)(C)C)c(F)c1)C(=O)O. The molecular formula is C28H36FN3O7Si. The van der Waals surface area contributed by atoms with Crippen LogP contribution in [-0.2, 0) is 27.4 Å². The van der Waals surface area contributed by atoms with E-state index in [1.54, 1.807) is 31.5 Å². The van der Waals surface area contributed by atoms with Crippen LogP contribution in [0.25, 0.3) is 11.0 Å². The molecule has 1 atom stereocenters. The predicted octanol–water partition coefficient (Wildman–Crippen LogP) is 5.61. The number of hydrogen-bond acceptors (Lipinski definition) is 7. The van der Waals surface area contributed by atoms with Crippen LogP contribution in [0.3, 0.4) is 0 Å². The van der Waals surface area contributed by atoms with Crippen molar-refractivity contribution in [2.45, 2.75) is 71.3 Å². The summed E-state index contributed by atoms with van der Waals surface area (Å²) >= 11 is 0. The Kier molecular flexibility index (Phi) is 9.69. The molecule has 0 aliphatic heterocycles. The third-order valence-corrected chi connectivity index (χ3v) is 7.45. The second kappa shape index (κ2) is 12.6. The quantitative estimate of drug-likeness (QED) is 0.162. The number of fused-ring (bicyclic) bond motifs is 1. The summed E-state index contributed by atoms with van der Waals surface area (Å²) in [6.07, 6.45) is 2.73. The van der Waals surface area contributed by atoms with Crippen LogP contribution in [0.2, 0.25) is 25.7 Å². The fourth-order valence-electron chi connectivity index (χ4n) is 3.79. The molecule has 2 aromatic heterocycles. The molecule has 10 nitrogen and oxygen atoms in total. The minimum absolute atomic E-state index is 0.126. The molecule has 2 N–H and O–H groups in total. The number of aldehydes is 1. The molecule has 0 radical (unpaired) electrons. The highest BCUT2D eigenvalue weighted by atomic mass is 28.3. The number of alkyl carbamates (subject to hydrolysis) is 1. The maximum Gasteiger partial charge on any atom is 0.408 e. The first-order chi connectivity index (χ1) is 18.7. The highest BCUT2D eigenvalue weighted by Crippen LogP contribution is 2.33. The molecule has 3 aromatic rings. The van der Waals surface area contributed by atoms with Crippen LogP contribution in [0.15, 0.2) is 36.7 Å². The van der Waals surface area contributed by atoms with Crippen LogP contribution in [0.5, 0.6) is 11.5 Å². The highest BCUT2D eigenvalue weighted by Gasteiger charge is 2.25. The summed E-state index contributed by atoms with van der Waals surface area (Å²) in [6.45, 7) is 12.5. The van der Waals surface area contributed by atoms with Gasteiger partial charge in [0.1, 0.15) is 29.8 Å². The van der Waals surface area contributed by atoms with E-state index in [1.807, 2.05) is 0 Å². The van der Waals surface area contributed by atoms with E-state index in [0.717, 1.165) is 12.1 Å². The Bertz CT molecular complexity index is 1380. The van der Waals surface area contributed by atoms with E-state index in [9.17, 15) is 19.5 Å². The van der Waals surface area contributed by atoms with Crippen molar-refractivity contribution >= 4 is 37.5 Å². The normalized spacial score (nSPS) is 12.7. The molecule has 0 aliphatic carbocycles. The molecule has 216 valence electrons. The number of pyridine rings is 1. The molecule has 0 saturated heterocycles. The number of hydrogen-bond donors (Lipinski definition) is 2. The van der Waals surface area contributed by atoms with Crippen molar-refractivity contribution in [1.82, 2.24) is 14.9 Å². The average molecular weight is 574 g/mol. The van der Waals surface area contributed by atoms with Gasteiger partial charge in [-0.15, -0.1) is 0 Å². The number of amides is 1. The maximum atomic E-state index is 15.1. The lowest BCUT2D eigenvalue weighted by Gasteiger charge is -2.22. The van der Waals surface area contributed by atoms with Crippen molar-refractivity contribution in [2.75, 3.05) is 6.61 Å². The summed E-state index contributed by atoms with van der Waals surface area (Å²) in [4.78, 5) is 39.9. The molecule has 40 heavy (non-hydrogen) atoms. The van der Waals surface area contributed by atoms with Crippen molar-refractivity contribution in [3.63, 3.8) is 0 Å². The van der Waals surface area contributed by atoms with E-state index >= 15 is 4.39 Å². The summed E-state index contributed by atoms with van der Waals surface area (Å²) in [5.74, 6) is -1.93. The smallest absolute Gasteiger partial charge is 0.408 e. The monoisotopic (exact) mass is 573 g/mol. The molecule has 0 bridgehead atoms. The Morgan fingerprint density at radius 2 is 1.93 bits per heavy atom. The Labute approximate surface area is 233 Å². The molecule has 12 heteroatoms.